The first-order valence-corrected chi connectivity index (χ1v) is 10.2. The van der Waals surface area contributed by atoms with Crippen LogP contribution in [0.2, 0.25) is 19.6 Å². The molecule has 1 rings (SSSR count). The van der Waals surface area contributed by atoms with Crippen LogP contribution in [0.1, 0.15) is 25.1 Å². The Morgan fingerprint density at radius 1 is 1.35 bits per heavy atom. The minimum absolute atomic E-state index is 0.208. The average molecular weight is 289 g/mol. The molecule has 1 aromatic rings. The molecule has 1 heterocycles. The number of aromatic nitrogens is 1. The largest absolute Gasteiger partial charge is 0.469 e. The quantitative estimate of drug-likeness (QED) is 0.488. The van der Waals surface area contributed by atoms with Gasteiger partial charge in [0.05, 0.1) is 12.5 Å². The summed E-state index contributed by atoms with van der Waals surface area (Å²) in [4.78, 5) is 16.0. The van der Waals surface area contributed by atoms with Crippen LogP contribution in [0.25, 0.3) is 0 Å². The monoisotopic (exact) mass is 289 g/mol. The lowest BCUT2D eigenvalue weighted by molar-refractivity contribution is -0.150. The first kappa shape index (κ1) is 16.5. The fraction of sp³-hybridized carbons (Fsp3) is 0.500. The number of ether oxygens (including phenoxy) is 1. The molecule has 0 saturated heterocycles. The lowest BCUT2D eigenvalue weighted by atomic mass is 9.86. The zero-order valence-electron chi connectivity index (χ0n) is 13.2. The van der Waals surface area contributed by atoms with Crippen LogP contribution in [0.4, 0.5) is 0 Å². The van der Waals surface area contributed by atoms with E-state index in [-0.39, 0.29) is 5.97 Å². The van der Waals surface area contributed by atoms with Crippen LogP contribution in [0.15, 0.2) is 18.3 Å². The Morgan fingerprint density at radius 2 is 2.00 bits per heavy atom. The van der Waals surface area contributed by atoms with Gasteiger partial charge < -0.3 is 4.74 Å². The summed E-state index contributed by atoms with van der Waals surface area (Å²) in [5.74, 6) is 2.91. The molecular formula is C16H23NO2Si. The smallest absolute Gasteiger partial charge is 0.311 e. The van der Waals surface area contributed by atoms with Gasteiger partial charge >= 0.3 is 5.97 Å². The molecule has 0 atom stereocenters. The SMILES string of the molecule is COC(=O)C(C)(C)Cc1ccc(C#C[Si](C)(C)C)nc1. The second-order valence-electron chi connectivity index (χ2n) is 6.60. The van der Waals surface area contributed by atoms with E-state index in [2.05, 4.69) is 36.1 Å². The first-order valence-electron chi connectivity index (χ1n) is 6.70. The Bertz CT molecular complexity index is 530. The minimum Gasteiger partial charge on any atom is -0.469 e. The van der Waals surface area contributed by atoms with E-state index in [4.69, 9.17) is 4.74 Å². The number of esters is 1. The number of rotatable bonds is 3. The number of methoxy groups -OCH3 is 1. The highest BCUT2D eigenvalue weighted by molar-refractivity contribution is 6.83. The Kier molecular flexibility index (Phi) is 5.13. The topological polar surface area (TPSA) is 39.2 Å². The molecule has 0 amide bonds. The zero-order valence-corrected chi connectivity index (χ0v) is 14.2. The maximum Gasteiger partial charge on any atom is 0.311 e. The fourth-order valence-corrected chi connectivity index (χ4v) is 2.22. The van der Waals surface area contributed by atoms with E-state index in [0.717, 1.165) is 11.3 Å². The van der Waals surface area contributed by atoms with Crippen molar-refractivity contribution in [2.24, 2.45) is 5.41 Å². The normalized spacial score (nSPS) is 11.5. The summed E-state index contributed by atoms with van der Waals surface area (Å²) in [5.41, 5.74) is 4.54. The summed E-state index contributed by atoms with van der Waals surface area (Å²) in [6, 6.07) is 3.89. The molecular weight excluding hydrogens is 266 g/mol. The molecule has 20 heavy (non-hydrogen) atoms. The van der Waals surface area contributed by atoms with Crippen molar-refractivity contribution in [2.75, 3.05) is 7.11 Å². The van der Waals surface area contributed by atoms with E-state index in [0.29, 0.717) is 6.42 Å². The van der Waals surface area contributed by atoms with Gasteiger partial charge in [-0.25, -0.2) is 4.98 Å². The molecule has 1 aromatic heterocycles. The molecule has 0 spiro atoms. The van der Waals surface area contributed by atoms with E-state index in [1.54, 1.807) is 6.20 Å². The molecule has 0 aromatic carbocycles. The van der Waals surface area contributed by atoms with Crippen LogP contribution in [0.5, 0.6) is 0 Å². The van der Waals surface area contributed by atoms with Crippen LogP contribution in [0.3, 0.4) is 0 Å². The van der Waals surface area contributed by atoms with Gasteiger partial charge in [-0.3, -0.25) is 4.79 Å². The molecule has 0 bridgehead atoms. The molecule has 3 nitrogen and oxygen atoms in total. The van der Waals surface area contributed by atoms with E-state index < -0.39 is 13.5 Å². The van der Waals surface area contributed by atoms with Crippen LogP contribution in [-0.2, 0) is 16.0 Å². The molecule has 0 aliphatic heterocycles. The second-order valence-corrected chi connectivity index (χ2v) is 11.4. The highest BCUT2D eigenvalue weighted by atomic mass is 28.3. The van der Waals surface area contributed by atoms with Gasteiger partial charge in [-0.05, 0) is 31.9 Å². The summed E-state index contributed by atoms with van der Waals surface area (Å²) in [7, 11) is 0.0401. The van der Waals surface area contributed by atoms with Gasteiger partial charge in [0.15, 0.2) is 0 Å². The number of carbonyl (C=O) groups is 1. The van der Waals surface area contributed by atoms with E-state index in [1.807, 2.05) is 26.0 Å². The summed E-state index contributed by atoms with van der Waals surface area (Å²) in [6.45, 7) is 10.4. The number of pyridine rings is 1. The third-order valence-electron chi connectivity index (χ3n) is 2.77. The lowest BCUT2D eigenvalue weighted by Crippen LogP contribution is -2.28. The molecule has 0 fully saturated rings. The summed E-state index contributed by atoms with van der Waals surface area (Å²) >= 11 is 0. The third-order valence-corrected chi connectivity index (χ3v) is 3.65. The molecule has 0 N–H and O–H groups in total. The molecule has 0 radical (unpaired) electrons. The van der Waals surface area contributed by atoms with Gasteiger partial charge in [0.25, 0.3) is 0 Å². The molecule has 0 unspecified atom stereocenters. The van der Waals surface area contributed by atoms with Crippen molar-refractivity contribution in [1.29, 1.82) is 0 Å². The first-order chi connectivity index (χ1) is 9.14. The van der Waals surface area contributed by atoms with Gasteiger partial charge in [-0.2, -0.15) is 0 Å². The standard InChI is InChI=1S/C16H23NO2Si/c1-16(2,15(18)19-3)11-13-7-8-14(17-12-13)9-10-20(4,5)6/h7-8,12H,11H2,1-6H3. The maximum atomic E-state index is 11.7. The van der Waals surface area contributed by atoms with E-state index in [1.165, 1.54) is 7.11 Å². The summed E-state index contributed by atoms with van der Waals surface area (Å²) < 4.78 is 4.81. The molecule has 0 saturated carbocycles. The van der Waals surface area contributed by atoms with Crippen LogP contribution >= 0.6 is 0 Å². The summed E-state index contributed by atoms with van der Waals surface area (Å²) in [6.07, 6.45) is 2.40. The third kappa shape index (κ3) is 5.18. The molecule has 4 heteroatoms. The van der Waals surface area contributed by atoms with Crippen molar-refractivity contribution >= 4 is 14.0 Å². The van der Waals surface area contributed by atoms with E-state index in [9.17, 15) is 4.79 Å². The molecule has 0 aliphatic carbocycles. The van der Waals surface area contributed by atoms with Gasteiger partial charge in [0, 0.05) is 6.20 Å². The predicted octanol–water partition coefficient (Wildman–Crippen LogP) is 3.05. The van der Waals surface area contributed by atoms with Gasteiger partial charge in [-0.15, -0.1) is 5.54 Å². The van der Waals surface area contributed by atoms with Crippen LogP contribution in [-0.4, -0.2) is 26.1 Å². The average Bonchev–Trinajstić information content (AvgIpc) is 2.35. The molecule has 0 aliphatic rings. The van der Waals surface area contributed by atoms with Crippen LogP contribution < -0.4 is 0 Å². The van der Waals surface area contributed by atoms with Crippen molar-refractivity contribution in [3.05, 3.63) is 29.6 Å². The van der Waals surface area contributed by atoms with Gasteiger partial charge in [0.2, 0.25) is 0 Å². The highest BCUT2D eigenvalue weighted by Crippen LogP contribution is 2.23. The Morgan fingerprint density at radius 3 is 2.45 bits per heavy atom. The number of nitrogens with zero attached hydrogens (tertiary/aromatic N) is 1. The second kappa shape index (κ2) is 6.23. The maximum absolute atomic E-state index is 11.7. The van der Waals surface area contributed by atoms with Crippen LogP contribution in [0, 0.1) is 16.9 Å². The van der Waals surface area contributed by atoms with E-state index >= 15 is 0 Å². The molecule has 108 valence electrons. The Balaban J connectivity index is 2.82. The predicted molar refractivity (Wildman–Crippen MR) is 84.0 cm³/mol. The number of hydrogen-bond donors (Lipinski definition) is 0. The lowest BCUT2D eigenvalue weighted by Gasteiger charge is -2.21. The highest BCUT2D eigenvalue weighted by Gasteiger charge is 2.28. The van der Waals surface area contributed by atoms with Gasteiger partial charge in [0.1, 0.15) is 13.8 Å². The fourth-order valence-electron chi connectivity index (χ4n) is 1.71. The Hall–Kier alpha value is -1.60. The van der Waals surface area contributed by atoms with Crippen molar-refractivity contribution in [1.82, 2.24) is 4.98 Å². The Labute approximate surface area is 122 Å². The number of hydrogen-bond acceptors (Lipinski definition) is 3. The van der Waals surface area contributed by atoms with Gasteiger partial charge in [-0.1, -0.05) is 31.6 Å². The minimum atomic E-state index is -1.37. The van der Waals surface area contributed by atoms with Crippen molar-refractivity contribution in [3.63, 3.8) is 0 Å². The van der Waals surface area contributed by atoms with Crippen molar-refractivity contribution in [2.45, 2.75) is 39.9 Å². The van der Waals surface area contributed by atoms with Crippen molar-refractivity contribution in [3.8, 4) is 11.5 Å². The zero-order chi connectivity index (χ0) is 15.4. The summed E-state index contributed by atoms with van der Waals surface area (Å²) in [5, 5.41) is 0. The number of carbonyl (C=O) groups excluding carboxylic acids is 1. The van der Waals surface area contributed by atoms with Crippen molar-refractivity contribution < 1.29 is 9.53 Å².